The number of nitrogens with zero attached hydrogens (tertiary/aromatic N) is 1. The fraction of sp³-hybridized carbons (Fsp3) is 0.357. The van der Waals surface area contributed by atoms with Crippen LogP contribution >= 0.6 is 11.6 Å². The largest absolute Gasteiger partial charge is 0.469 e. The van der Waals surface area contributed by atoms with E-state index in [0.717, 1.165) is 0 Å². The lowest BCUT2D eigenvalue weighted by atomic mass is 9.81. The minimum atomic E-state index is -1.65. The summed E-state index contributed by atoms with van der Waals surface area (Å²) in [5.41, 5.74) is -1.23. The van der Waals surface area contributed by atoms with Crippen molar-refractivity contribution in [2.75, 3.05) is 14.2 Å². The summed E-state index contributed by atoms with van der Waals surface area (Å²) in [6.45, 7) is 0. The van der Waals surface area contributed by atoms with Crippen molar-refractivity contribution in [3.63, 3.8) is 0 Å². The van der Waals surface area contributed by atoms with Gasteiger partial charge in [0.05, 0.1) is 25.5 Å². The first-order chi connectivity index (χ1) is 9.54. The third-order valence-electron chi connectivity index (χ3n) is 3.07. The number of carbonyl (C=O) groups is 2. The maximum Gasteiger partial charge on any atom is 0.309 e. The summed E-state index contributed by atoms with van der Waals surface area (Å²) in [5, 5.41) is 9.72. The van der Waals surface area contributed by atoms with Crippen LogP contribution in [-0.2, 0) is 19.1 Å². The molecule has 0 N–H and O–H groups in total. The minimum Gasteiger partial charge on any atom is -0.469 e. The number of halogens is 1. The topological polar surface area (TPSA) is 76.4 Å². The van der Waals surface area contributed by atoms with E-state index in [-0.39, 0.29) is 6.42 Å². The van der Waals surface area contributed by atoms with E-state index in [1.54, 1.807) is 24.3 Å². The van der Waals surface area contributed by atoms with E-state index in [1.807, 2.05) is 6.07 Å². The van der Waals surface area contributed by atoms with Crippen molar-refractivity contribution in [2.24, 2.45) is 0 Å². The molecule has 6 heteroatoms. The molecule has 0 aliphatic rings. The predicted molar refractivity (Wildman–Crippen MR) is 72.2 cm³/mol. The first kappa shape index (κ1) is 16.2. The lowest BCUT2D eigenvalue weighted by Crippen LogP contribution is -2.40. The molecule has 1 rings (SSSR count). The summed E-state index contributed by atoms with van der Waals surface area (Å²) < 4.78 is 9.72. The summed E-state index contributed by atoms with van der Waals surface area (Å²) >= 11 is 6.05. The smallest absolute Gasteiger partial charge is 0.309 e. The Bertz CT molecular complexity index is 540. The van der Waals surface area contributed by atoms with Gasteiger partial charge in [0.2, 0.25) is 0 Å². The van der Waals surface area contributed by atoms with Crippen molar-refractivity contribution >= 4 is 23.9 Å². The molecule has 0 spiro atoms. The van der Waals surface area contributed by atoms with Gasteiger partial charge < -0.3 is 14.3 Å². The highest BCUT2D eigenvalue weighted by Gasteiger charge is 2.43. The van der Waals surface area contributed by atoms with Gasteiger partial charge >= 0.3 is 5.97 Å². The molecule has 1 aromatic rings. The Morgan fingerprint density at radius 3 is 2.60 bits per heavy atom. The molecule has 0 saturated heterocycles. The number of rotatable bonds is 6. The third kappa shape index (κ3) is 3.16. The Hall–Kier alpha value is -1.90. The van der Waals surface area contributed by atoms with Crippen molar-refractivity contribution in [3.8, 4) is 6.07 Å². The van der Waals surface area contributed by atoms with Crippen LogP contribution in [0.25, 0.3) is 0 Å². The maximum absolute atomic E-state index is 11.5. The van der Waals surface area contributed by atoms with E-state index in [0.29, 0.717) is 16.9 Å². The molecule has 0 bridgehead atoms. The van der Waals surface area contributed by atoms with Crippen LogP contribution in [0.15, 0.2) is 24.3 Å². The Labute approximate surface area is 122 Å². The average Bonchev–Trinajstić information content (AvgIpc) is 2.48. The summed E-state index contributed by atoms with van der Waals surface area (Å²) in [7, 11) is 2.46. The van der Waals surface area contributed by atoms with E-state index < -0.39 is 17.5 Å². The van der Waals surface area contributed by atoms with Gasteiger partial charge in [0, 0.05) is 12.1 Å². The molecule has 0 heterocycles. The highest BCUT2D eigenvalue weighted by molar-refractivity contribution is 6.31. The fourth-order valence-electron chi connectivity index (χ4n) is 1.91. The second kappa shape index (κ2) is 7.04. The molecule has 2 atom stereocenters. The fourth-order valence-corrected chi connectivity index (χ4v) is 2.17. The van der Waals surface area contributed by atoms with Crippen molar-refractivity contribution < 1.29 is 19.1 Å². The molecule has 20 heavy (non-hydrogen) atoms. The zero-order valence-electron chi connectivity index (χ0n) is 11.1. The van der Waals surface area contributed by atoms with E-state index in [2.05, 4.69) is 4.74 Å². The molecule has 0 saturated carbocycles. The van der Waals surface area contributed by atoms with Crippen LogP contribution in [0.2, 0.25) is 5.02 Å². The third-order valence-corrected chi connectivity index (χ3v) is 3.41. The van der Waals surface area contributed by atoms with Gasteiger partial charge in [0.15, 0.2) is 5.60 Å². The van der Waals surface area contributed by atoms with Gasteiger partial charge in [-0.2, -0.15) is 5.26 Å². The zero-order chi connectivity index (χ0) is 15.2. The van der Waals surface area contributed by atoms with Crippen molar-refractivity contribution in [2.45, 2.75) is 17.9 Å². The molecular formula is C14H14ClNO4. The van der Waals surface area contributed by atoms with E-state index >= 15 is 0 Å². The number of carbonyl (C=O) groups excluding carboxylic acids is 2. The van der Waals surface area contributed by atoms with E-state index in [1.165, 1.54) is 14.2 Å². The molecule has 1 aromatic carbocycles. The van der Waals surface area contributed by atoms with Crippen LogP contribution in [0.4, 0.5) is 0 Å². The van der Waals surface area contributed by atoms with E-state index in [9.17, 15) is 14.9 Å². The lowest BCUT2D eigenvalue weighted by Gasteiger charge is -2.30. The van der Waals surface area contributed by atoms with Crippen LogP contribution in [0.1, 0.15) is 17.9 Å². The van der Waals surface area contributed by atoms with Gasteiger partial charge in [-0.3, -0.25) is 4.79 Å². The molecule has 0 radical (unpaired) electrons. The minimum absolute atomic E-state index is 0.325. The Morgan fingerprint density at radius 1 is 1.50 bits per heavy atom. The van der Waals surface area contributed by atoms with Crippen LogP contribution < -0.4 is 0 Å². The van der Waals surface area contributed by atoms with Crippen LogP contribution in [0, 0.1) is 11.3 Å². The van der Waals surface area contributed by atoms with Gasteiger partial charge in [-0.25, -0.2) is 0 Å². The summed E-state index contributed by atoms with van der Waals surface area (Å²) in [6.07, 6.45) is 0.183. The second-order valence-corrected chi connectivity index (χ2v) is 4.50. The molecule has 5 nitrogen and oxygen atoms in total. The van der Waals surface area contributed by atoms with Crippen LogP contribution in [-0.4, -0.2) is 32.1 Å². The van der Waals surface area contributed by atoms with Gasteiger partial charge in [0.1, 0.15) is 6.29 Å². The zero-order valence-corrected chi connectivity index (χ0v) is 11.9. The number of aldehydes is 1. The normalized spacial score (nSPS) is 14.7. The van der Waals surface area contributed by atoms with Crippen LogP contribution in [0.5, 0.6) is 0 Å². The van der Waals surface area contributed by atoms with Crippen molar-refractivity contribution in [3.05, 3.63) is 34.9 Å². The Balaban J connectivity index is 3.30. The number of nitriles is 1. The SMILES string of the molecule is COC(=O)CC(C#N)(OC)C(C=O)c1ccccc1Cl. The van der Waals surface area contributed by atoms with Gasteiger partial charge in [-0.15, -0.1) is 0 Å². The quantitative estimate of drug-likeness (QED) is 0.593. The highest BCUT2D eigenvalue weighted by atomic mass is 35.5. The average molecular weight is 296 g/mol. The first-order valence-corrected chi connectivity index (χ1v) is 6.15. The molecule has 0 amide bonds. The van der Waals surface area contributed by atoms with Gasteiger partial charge in [-0.1, -0.05) is 29.8 Å². The molecule has 2 unspecified atom stereocenters. The summed E-state index contributed by atoms with van der Waals surface area (Å²) in [5.74, 6) is -1.64. The number of hydrogen-bond acceptors (Lipinski definition) is 5. The lowest BCUT2D eigenvalue weighted by molar-refractivity contribution is -0.146. The molecule has 106 valence electrons. The molecular weight excluding hydrogens is 282 g/mol. The standard InChI is InChI=1S/C14H14ClNO4/c1-19-13(18)7-14(9-16,20-2)11(8-17)10-5-3-4-6-12(10)15/h3-6,8,11H,7H2,1-2H3. The summed E-state index contributed by atoms with van der Waals surface area (Å²) in [6, 6.07) is 8.50. The van der Waals surface area contributed by atoms with Gasteiger partial charge in [0.25, 0.3) is 0 Å². The highest BCUT2D eigenvalue weighted by Crippen LogP contribution is 2.36. The number of benzene rings is 1. The first-order valence-electron chi connectivity index (χ1n) is 5.77. The monoisotopic (exact) mass is 295 g/mol. The molecule has 0 aliphatic heterocycles. The number of hydrogen-bond donors (Lipinski definition) is 0. The van der Waals surface area contributed by atoms with Crippen molar-refractivity contribution in [1.82, 2.24) is 0 Å². The number of methoxy groups -OCH3 is 2. The van der Waals surface area contributed by atoms with Crippen LogP contribution in [0.3, 0.4) is 0 Å². The van der Waals surface area contributed by atoms with Crippen molar-refractivity contribution in [1.29, 1.82) is 5.26 Å². The Kier molecular flexibility index (Phi) is 5.68. The number of ether oxygens (including phenoxy) is 2. The molecule has 0 aromatic heterocycles. The molecule has 0 fully saturated rings. The van der Waals surface area contributed by atoms with E-state index in [4.69, 9.17) is 16.3 Å². The van der Waals surface area contributed by atoms with Gasteiger partial charge in [-0.05, 0) is 11.6 Å². The maximum atomic E-state index is 11.5. The number of esters is 1. The Morgan fingerprint density at radius 2 is 2.15 bits per heavy atom. The predicted octanol–water partition coefficient (Wildman–Crippen LogP) is 2.09. The second-order valence-electron chi connectivity index (χ2n) is 4.09. The molecule has 0 aliphatic carbocycles. The summed E-state index contributed by atoms with van der Waals surface area (Å²) in [4.78, 5) is 22.9.